The lowest BCUT2D eigenvalue weighted by Gasteiger charge is -2.42. The molecule has 0 spiro atoms. The standard InChI is InChI=1S/C46H59Cl2F2N3O9/c1-26(51)46(31-17-16-29(47)24-33(31)49)36(25-43(3,4)5)53-39(37(46)30-13-12-14-32(48)38(30)50)40(54)52-34-18-15-28(23-35(34)57-10)41(55)61-27(2)62-42(56)59-21-19-45(8,9)60-22-20-44(6,7)58-11/h12-18,23-24,27,36-37,39,51,53H,19-22,25H2,1-11H3,(H,52,54). The summed E-state index contributed by atoms with van der Waals surface area (Å²) in [6.45, 7) is 16.9. The largest absolute Gasteiger partial charge is 0.511 e. The second-order valence-electron chi connectivity index (χ2n) is 17.9. The molecule has 3 aromatic carbocycles. The van der Waals surface area contributed by atoms with E-state index in [1.807, 2.05) is 48.5 Å². The van der Waals surface area contributed by atoms with Crippen LogP contribution in [0.2, 0.25) is 10.0 Å². The number of hydrogen-bond donors (Lipinski definition) is 3. The third-order valence-electron chi connectivity index (χ3n) is 11.1. The van der Waals surface area contributed by atoms with Crippen LogP contribution in [-0.2, 0) is 33.9 Å². The van der Waals surface area contributed by atoms with Gasteiger partial charge in [0.15, 0.2) is 0 Å². The molecule has 0 aliphatic carbocycles. The molecule has 1 aliphatic heterocycles. The first-order valence-electron chi connectivity index (χ1n) is 20.3. The molecule has 0 saturated carbocycles. The van der Waals surface area contributed by atoms with Crippen LogP contribution in [0.4, 0.5) is 19.3 Å². The maximum Gasteiger partial charge on any atom is 0.511 e. The van der Waals surface area contributed by atoms with Crippen LogP contribution in [0.5, 0.6) is 5.75 Å². The second kappa shape index (κ2) is 20.4. The first-order valence-corrected chi connectivity index (χ1v) is 21.0. The zero-order valence-corrected chi connectivity index (χ0v) is 38.7. The summed E-state index contributed by atoms with van der Waals surface area (Å²) in [5, 5.41) is 15.4. The molecule has 62 heavy (non-hydrogen) atoms. The van der Waals surface area contributed by atoms with Crippen LogP contribution in [0.25, 0.3) is 0 Å². The maximum atomic E-state index is 16.3. The number of rotatable bonds is 18. The van der Waals surface area contributed by atoms with Gasteiger partial charge in [0.25, 0.3) is 0 Å². The van der Waals surface area contributed by atoms with E-state index in [1.165, 1.54) is 69.5 Å². The summed E-state index contributed by atoms with van der Waals surface area (Å²) < 4.78 is 65.1. The van der Waals surface area contributed by atoms with Crippen molar-refractivity contribution < 1.29 is 51.6 Å². The molecule has 12 nitrogen and oxygen atoms in total. The number of amides is 1. The number of methoxy groups -OCH3 is 2. The van der Waals surface area contributed by atoms with Gasteiger partial charge in [-0.1, -0.05) is 62.2 Å². The first kappa shape index (κ1) is 50.3. The molecule has 1 heterocycles. The van der Waals surface area contributed by atoms with Gasteiger partial charge in [0.05, 0.1) is 59.3 Å². The van der Waals surface area contributed by atoms with Crippen LogP contribution in [0.3, 0.4) is 0 Å². The number of carbonyl (C=O) groups is 3. The minimum atomic E-state index is -1.61. The van der Waals surface area contributed by atoms with E-state index < -0.39 is 70.4 Å². The van der Waals surface area contributed by atoms with Crippen LogP contribution in [0.15, 0.2) is 54.6 Å². The van der Waals surface area contributed by atoms with E-state index in [0.717, 1.165) is 6.07 Å². The van der Waals surface area contributed by atoms with Gasteiger partial charge in [-0.2, -0.15) is 0 Å². The minimum Gasteiger partial charge on any atom is -0.495 e. The molecule has 5 unspecified atom stereocenters. The SMILES string of the molecule is COc1cc(C(=O)OC(C)OC(=O)OCCC(C)(C)OCCC(C)(C)OC)ccc1NC(=O)C1NC(CC(C)(C)C)C(C(C)=N)(c2ccc(Cl)cc2F)C1c1cccc(Cl)c1F. The molecule has 340 valence electrons. The topological polar surface area (TPSA) is 154 Å². The van der Waals surface area contributed by atoms with Gasteiger partial charge in [-0.3, -0.25) is 4.79 Å². The van der Waals surface area contributed by atoms with Gasteiger partial charge in [-0.25, -0.2) is 18.4 Å². The van der Waals surface area contributed by atoms with Crippen LogP contribution in [0.1, 0.15) is 109 Å². The number of nitrogens with one attached hydrogen (secondary N) is 3. The summed E-state index contributed by atoms with van der Waals surface area (Å²) in [4.78, 5) is 40.2. The highest BCUT2D eigenvalue weighted by Gasteiger charge is 2.61. The number of anilines is 1. The predicted octanol–water partition coefficient (Wildman–Crippen LogP) is 10.4. The van der Waals surface area contributed by atoms with E-state index in [2.05, 4.69) is 10.6 Å². The third kappa shape index (κ3) is 12.2. The highest BCUT2D eigenvalue weighted by Crippen LogP contribution is 2.54. The lowest BCUT2D eigenvalue weighted by Crippen LogP contribution is -2.50. The fourth-order valence-electron chi connectivity index (χ4n) is 7.72. The zero-order valence-electron chi connectivity index (χ0n) is 37.2. The third-order valence-corrected chi connectivity index (χ3v) is 11.6. The van der Waals surface area contributed by atoms with Gasteiger partial charge in [0.2, 0.25) is 12.2 Å². The van der Waals surface area contributed by atoms with E-state index in [1.54, 1.807) is 7.11 Å². The Morgan fingerprint density at radius 2 is 1.60 bits per heavy atom. The van der Waals surface area contributed by atoms with Crippen molar-refractivity contribution in [3.63, 3.8) is 0 Å². The quantitative estimate of drug-likeness (QED) is 0.0638. The highest BCUT2D eigenvalue weighted by molar-refractivity contribution is 6.31. The average Bonchev–Trinajstić information content (AvgIpc) is 3.49. The molecule has 4 rings (SSSR count). The van der Waals surface area contributed by atoms with Gasteiger partial charge in [-0.05, 0) is 94.8 Å². The summed E-state index contributed by atoms with van der Waals surface area (Å²) in [6, 6.07) is 10.6. The van der Waals surface area contributed by atoms with Crippen LogP contribution >= 0.6 is 23.2 Å². The second-order valence-corrected chi connectivity index (χ2v) is 18.7. The van der Waals surface area contributed by atoms with Crippen LogP contribution in [-0.4, -0.2) is 80.8 Å². The minimum absolute atomic E-state index is 0.000940. The molecule has 0 radical (unpaired) electrons. The van der Waals surface area contributed by atoms with Gasteiger partial charge < -0.3 is 44.5 Å². The molecule has 1 amide bonds. The van der Waals surface area contributed by atoms with Crippen molar-refractivity contribution >= 4 is 52.6 Å². The van der Waals surface area contributed by atoms with Gasteiger partial charge in [-0.15, -0.1) is 0 Å². The number of benzene rings is 3. The number of hydrogen-bond acceptors (Lipinski definition) is 11. The molecule has 16 heteroatoms. The summed E-state index contributed by atoms with van der Waals surface area (Å²) in [7, 11) is 2.97. The molecule has 3 N–H and O–H groups in total. The summed E-state index contributed by atoms with van der Waals surface area (Å²) in [5.74, 6) is -4.20. The Kier molecular flexibility index (Phi) is 16.6. The Hall–Kier alpha value is -4.34. The van der Waals surface area contributed by atoms with Gasteiger partial charge in [0, 0.05) is 48.7 Å². The van der Waals surface area contributed by atoms with E-state index >= 15 is 8.78 Å². The predicted molar refractivity (Wildman–Crippen MR) is 235 cm³/mol. The summed E-state index contributed by atoms with van der Waals surface area (Å²) in [6.07, 6.45) is -0.979. The Morgan fingerprint density at radius 3 is 2.21 bits per heavy atom. The van der Waals surface area contributed by atoms with E-state index in [-0.39, 0.29) is 56.1 Å². The fraction of sp³-hybridized carbons (Fsp3) is 0.522. The molecule has 3 aromatic rings. The van der Waals surface area contributed by atoms with E-state index in [9.17, 15) is 19.8 Å². The lowest BCUT2D eigenvalue weighted by atomic mass is 9.59. The van der Waals surface area contributed by atoms with Crippen molar-refractivity contribution in [3.8, 4) is 5.75 Å². The Labute approximate surface area is 373 Å². The Morgan fingerprint density at radius 1 is 0.919 bits per heavy atom. The van der Waals surface area contributed by atoms with Crippen molar-refractivity contribution in [2.45, 2.75) is 122 Å². The van der Waals surface area contributed by atoms with Crippen molar-refractivity contribution in [1.82, 2.24) is 5.32 Å². The molecule has 0 aromatic heterocycles. The van der Waals surface area contributed by atoms with Crippen LogP contribution < -0.4 is 15.4 Å². The van der Waals surface area contributed by atoms with Crippen LogP contribution in [0, 0.1) is 22.5 Å². The molecule has 0 bridgehead atoms. The molecule has 1 fully saturated rings. The molecule has 1 saturated heterocycles. The Balaban J connectivity index is 1.55. The Bertz CT molecular complexity index is 2110. The van der Waals surface area contributed by atoms with Gasteiger partial charge in [0.1, 0.15) is 17.4 Å². The van der Waals surface area contributed by atoms with E-state index in [0.29, 0.717) is 25.9 Å². The van der Waals surface area contributed by atoms with Crippen molar-refractivity contribution in [3.05, 3.63) is 93.0 Å². The molecule has 5 atom stereocenters. The molecular weight excluding hydrogens is 847 g/mol. The van der Waals surface area contributed by atoms with E-state index in [4.69, 9.17) is 51.6 Å². The van der Waals surface area contributed by atoms with Crippen molar-refractivity contribution in [2.75, 3.05) is 32.8 Å². The summed E-state index contributed by atoms with van der Waals surface area (Å²) in [5.41, 5.74) is -2.75. The molecular formula is C46H59Cl2F2N3O9. The van der Waals surface area contributed by atoms with Crippen molar-refractivity contribution in [2.24, 2.45) is 5.41 Å². The lowest BCUT2D eigenvalue weighted by molar-refractivity contribution is -0.118. The number of esters is 1. The fourth-order valence-corrected chi connectivity index (χ4v) is 8.06. The first-order chi connectivity index (χ1) is 28.9. The number of halogens is 4. The average molecular weight is 907 g/mol. The monoisotopic (exact) mass is 905 g/mol. The number of ether oxygens (including phenoxy) is 6. The molecule has 1 aliphatic rings. The van der Waals surface area contributed by atoms with Crippen molar-refractivity contribution in [1.29, 1.82) is 5.41 Å². The maximum absolute atomic E-state index is 16.3. The normalized spacial score (nSPS) is 19.7. The number of carbonyl (C=O) groups excluding carboxylic acids is 3. The zero-order chi connectivity index (χ0) is 46.4. The smallest absolute Gasteiger partial charge is 0.495 e. The highest BCUT2D eigenvalue weighted by atomic mass is 35.5. The van der Waals surface area contributed by atoms with Gasteiger partial charge >= 0.3 is 12.1 Å². The summed E-state index contributed by atoms with van der Waals surface area (Å²) >= 11 is 12.5.